The fraction of sp³-hybridized carbons (Fsp3) is 0.900. The van der Waals surface area contributed by atoms with Crippen molar-refractivity contribution in [1.82, 2.24) is 9.91 Å². The molecule has 2 fully saturated rings. The van der Waals surface area contributed by atoms with Crippen molar-refractivity contribution in [2.75, 3.05) is 33.3 Å². The molecule has 0 aromatic heterocycles. The molecule has 2 rings (SSSR count). The third-order valence-corrected chi connectivity index (χ3v) is 3.39. The molecule has 2 saturated heterocycles. The molecule has 0 radical (unpaired) electrons. The second kappa shape index (κ2) is 7.51. The Hall–Kier alpha value is -1.06. The van der Waals surface area contributed by atoms with Crippen LogP contribution in [0.15, 0.2) is 5.10 Å². The first-order chi connectivity index (χ1) is 8.92. The zero-order chi connectivity index (χ0) is 14.3. The first kappa shape index (κ1) is 16.0. The maximum atomic E-state index is 9.33. The van der Waals surface area contributed by atoms with Gasteiger partial charge in [0.2, 0.25) is 5.96 Å². The molecule has 0 bridgehead atoms. The normalized spacial score (nSPS) is 20.4. The summed E-state index contributed by atoms with van der Waals surface area (Å²) >= 11 is 0. The van der Waals surface area contributed by atoms with Crippen molar-refractivity contribution in [3.63, 3.8) is 0 Å². The van der Waals surface area contributed by atoms with Gasteiger partial charge in [0, 0.05) is 26.2 Å². The summed E-state index contributed by atoms with van der Waals surface area (Å²) in [6.45, 7) is 4.33. The van der Waals surface area contributed by atoms with Crippen molar-refractivity contribution in [1.29, 1.82) is 0 Å². The number of guanidine groups is 1. The van der Waals surface area contributed by atoms with Gasteiger partial charge in [0.1, 0.15) is 0 Å². The summed E-state index contributed by atoms with van der Waals surface area (Å²) in [5.41, 5.74) is 5.89. The van der Waals surface area contributed by atoms with Crippen LogP contribution in [0.25, 0.3) is 0 Å². The van der Waals surface area contributed by atoms with Crippen molar-refractivity contribution >= 4 is 16.4 Å². The molecule has 0 atom stereocenters. The topological polar surface area (TPSA) is 108 Å². The van der Waals surface area contributed by atoms with Gasteiger partial charge in [-0.05, 0) is 25.7 Å². The Labute approximate surface area is 114 Å². The zero-order valence-corrected chi connectivity index (χ0v) is 12.0. The Balaban J connectivity index is 0.000000258. The fourth-order valence-corrected chi connectivity index (χ4v) is 1.95. The Morgan fingerprint density at radius 1 is 1.16 bits per heavy atom. The van der Waals surface area contributed by atoms with Gasteiger partial charge < -0.3 is 10.6 Å². The van der Waals surface area contributed by atoms with Crippen molar-refractivity contribution in [2.45, 2.75) is 25.7 Å². The van der Waals surface area contributed by atoms with Crippen LogP contribution in [0.5, 0.6) is 0 Å². The van der Waals surface area contributed by atoms with E-state index < -0.39 is 10.4 Å². The molecule has 0 aromatic rings. The Kier molecular flexibility index (Phi) is 6.32. The maximum Gasteiger partial charge on any atom is 0.397 e. The maximum absolute atomic E-state index is 9.33. The molecule has 9 heteroatoms. The minimum atomic E-state index is -4.16. The van der Waals surface area contributed by atoms with Gasteiger partial charge in [0.05, 0.1) is 7.11 Å². The SMILES string of the molecule is COS(=O)(=O)O.NC(=NN1CCCC1)N1CCCC1. The van der Waals surface area contributed by atoms with E-state index in [0.29, 0.717) is 0 Å². The van der Waals surface area contributed by atoms with E-state index >= 15 is 0 Å². The second-order valence-electron chi connectivity index (χ2n) is 4.41. The molecule has 0 unspecified atom stereocenters. The largest absolute Gasteiger partial charge is 0.397 e. The van der Waals surface area contributed by atoms with E-state index in [4.69, 9.17) is 10.3 Å². The molecule has 3 N–H and O–H groups in total. The molecule has 2 aliphatic rings. The van der Waals surface area contributed by atoms with Gasteiger partial charge in [-0.3, -0.25) is 13.7 Å². The molecule has 0 spiro atoms. The summed E-state index contributed by atoms with van der Waals surface area (Å²) < 4.78 is 29.7. The highest BCUT2D eigenvalue weighted by atomic mass is 32.3. The third kappa shape index (κ3) is 6.60. The van der Waals surface area contributed by atoms with E-state index in [1.54, 1.807) is 0 Å². The molecule has 8 nitrogen and oxygen atoms in total. The van der Waals surface area contributed by atoms with Crippen LogP contribution in [-0.4, -0.2) is 62.1 Å². The predicted octanol–water partition coefficient (Wildman–Crippen LogP) is -0.157. The Morgan fingerprint density at radius 2 is 1.58 bits per heavy atom. The summed E-state index contributed by atoms with van der Waals surface area (Å²) in [6, 6.07) is 0. The molecular weight excluding hydrogens is 272 g/mol. The van der Waals surface area contributed by atoms with Crippen LogP contribution in [0.1, 0.15) is 25.7 Å². The smallest absolute Gasteiger partial charge is 0.368 e. The van der Waals surface area contributed by atoms with Gasteiger partial charge in [-0.1, -0.05) is 0 Å². The second-order valence-corrected chi connectivity index (χ2v) is 5.60. The number of rotatable bonds is 2. The zero-order valence-electron chi connectivity index (χ0n) is 11.2. The van der Waals surface area contributed by atoms with E-state index in [2.05, 4.69) is 19.2 Å². The lowest BCUT2D eigenvalue weighted by molar-refractivity contribution is 0.324. The molecule has 0 aromatic carbocycles. The van der Waals surface area contributed by atoms with Gasteiger partial charge in [-0.15, -0.1) is 5.10 Å². The van der Waals surface area contributed by atoms with Crippen molar-refractivity contribution in [3.05, 3.63) is 0 Å². The summed E-state index contributed by atoms with van der Waals surface area (Å²) in [4.78, 5) is 2.18. The number of hydrogen-bond donors (Lipinski definition) is 2. The van der Waals surface area contributed by atoms with Gasteiger partial charge in [0.25, 0.3) is 0 Å². The third-order valence-electron chi connectivity index (χ3n) is 2.97. The molecule has 2 heterocycles. The van der Waals surface area contributed by atoms with Crippen LogP contribution in [0.2, 0.25) is 0 Å². The number of likely N-dealkylation sites (tertiary alicyclic amines) is 1. The Morgan fingerprint density at radius 3 is 2.00 bits per heavy atom. The quantitative estimate of drug-likeness (QED) is 0.414. The minimum Gasteiger partial charge on any atom is -0.368 e. The highest BCUT2D eigenvalue weighted by molar-refractivity contribution is 7.80. The average Bonchev–Trinajstić information content (AvgIpc) is 3.01. The lowest BCUT2D eigenvalue weighted by Crippen LogP contribution is -2.36. The lowest BCUT2D eigenvalue weighted by Gasteiger charge is -2.19. The van der Waals surface area contributed by atoms with Crippen LogP contribution < -0.4 is 5.73 Å². The molecule has 112 valence electrons. The van der Waals surface area contributed by atoms with Crippen LogP contribution in [-0.2, 0) is 14.6 Å². The van der Waals surface area contributed by atoms with E-state index in [-0.39, 0.29) is 0 Å². The van der Waals surface area contributed by atoms with Gasteiger partial charge in [0.15, 0.2) is 0 Å². The molecule has 0 aliphatic carbocycles. The molecule has 19 heavy (non-hydrogen) atoms. The summed E-state index contributed by atoms with van der Waals surface area (Å²) in [7, 11) is -3.29. The van der Waals surface area contributed by atoms with E-state index in [9.17, 15) is 8.42 Å². The number of nitrogens with zero attached hydrogens (tertiary/aromatic N) is 3. The lowest BCUT2D eigenvalue weighted by atomic mass is 10.4. The van der Waals surface area contributed by atoms with E-state index in [1.807, 2.05) is 0 Å². The first-order valence-corrected chi connectivity index (χ1v) is 7.66. The molecule has 2 aliphatic heterocycles. The van der Waals surface area contributed by atoms with Gasteiger partial charge in [-0.2, -0.15) is 8.42 Å². The van der Waals surface area contributed by atoms with Crippen LogP contribution in [0.4, 0.5) is 0 Å². The van der Waals surface area contributed by atoms with E-state index in [0.717, 1.165) is 39.2 Å². The van der Waals surface area contributed by atoms with Crippen LogP contribution >= 0.6 is 0 Å². The number of nitrogens with two attached hydrogens (primary N) is 1. The average molecular weight is 294 g/mol. The monoisotopic (exact) mass is 294 g/mol. The molecular formula is C10H22N4O4S. The highest BCUT2D eigenvalue weighted by Gasteiger charge is 2.15. The first-order valence-electron chi connectivity index (χ1n) is 6.29. The minimum absolute atomic E-state index is 0.722. The summed E-state index contributed by atoms with van der Waals surface area (Å²) in [5, 5.41) is 6.50. The molecule has 0 amide bonds. The Bertz CT molecular complexity index is 386. The van der Waals surface area contributed by atoms with Crippen molar-refractivity contribution in [2.24, 2.45) is 10.8 Å². The van der Waals surface area contributed by atoms with Crippen molar-refractivity contribution < 1.29 is 17.2 Å². The standard InChI is InChI=1S/C9H18N4.CH4O4S/c10-9(12-5-1-2-6-12)11-13-7-3-4-8-13;1-5-6(2,3)4/h1-8H2,(H2,10,11);1H3,(H,2,3,4). The van der Waals surface area contributed by atoms with Gasteiger partial charge >= 0.3 is 10.4 Å². The van der Waals surface area contributed by atoms with Crippen LogP contribution in [0.3, 0.4) is 0 Å². The predicted molar refractivity (Wildman–Crippen MR) is 71.8 cm³/mol. The molecule has 0 saturated carbocycles. The summed E-state index contributed by atoms with van der Waals surface area (Å²) in [6.07, 6.45) is 5.04. The van der Waals surface area contributed by atoms with Crippen molar-refractivity contribution in [3.8, 4) is 0 Å². The highest BCUT2D eigenvalue weighted by Crippen LogP contribution is 2.10. The van der Waals surface area contributed by atoms with E-state index in [1.165, 1.54) is 25.7 Å². The van der Waals surface area contributed by atoms with Gasteiger partial charge in [-0.25, -0.2) is 0 Å². The number of hydrazone groups is 1. The van der Waals surface area contributed by atoms with Crippen LogP contribution in [0, 0.1) is 0 Å². The fourth-order valence-electron chi connectivity index (χ4n) is 1.95. The summed E-state index contributed by atoms with van der Waals surface area (Å²) in [5.74, 6) is 0.722. The number of hydrogen-bond acceptors (Lipinski definition) is 5.